The van der Waals surface area contributed by atoms with E-state index in [1.807, 2.05) is 0 Å². The fourth-order valence-electron chi connectivity index (χ4n) is 2.03. The first-order chi connectivity index (χ1) is 9.97. The lowest BCUT2D eigenvalue weighted by Gasteiger charge is -2.09. The molecule has 2 heterocycles. The third-order valence-corrected chi connectivity index (χ3v) is 6.48. The lowest BCUT2D eigenvalue weighted by molar-refractivity contribution is 0.601. The average Bonchev–Trinajstić information content (AvgIpc) is 2.82. The Morgan fingerprint density at radius 1 is 1.33 bits per heavy atom. The van der Waals surface area contributed by atoms with Gasteiger partial charge in [-0.15, -0.1) is 0 Å². The van der Waals surface area contributed by atoms with Gasteiger partial charge >= 0.3 is 0 Å². The highest BCUT2D eigenvalue weighted by molar-refractivity contribution is 7.93. The fourth-order valence-corrected chi connectivity index (χ4v) is 5.01. The molecule has 0 atom stereocenters. The van der Waals surface area contributed by atoms with Gasteiger partial charge in [0.15, 0.2) is 5.13 Å². The maximum absolute atomic E-state index is 12.4. The van der Waals surface area contributed by atoms with Crippen LogP contribution in [0.2, 0.25) is 10.0 Å². The van der Waals surface area contributed by atoms with Crippen molar-refractivity contribution in [3.8, 4) is 0 Å². The van der Waals surface area contributed by atoms with Crippen molar-refractivity contribution in [3.05, 3.63) is 38.8 Å². The summed E-state index contributed by atoms with van der Waals surface area (Å²) in [5.41, 5.74) is 0.939. The van der Waals surface area contributed by atoms with E-state index in [1.54, 1.807) is 6.07 Å². The number of rotatable bonds is 3. The molecule has 0 amide bonds. The zero-order chi connectivity index (χ0) is 15.0. The molecule has 21 heavy (non-hydrogen) atoms. The molecule has 0 saturated carbocycles. The van der Waals surface area contributed by atoms with Crippen LogP contribution in [0.1, 0.15) is 10.6 Å². The quantitative estimate of drug-likeness (QED) is 0.879. The second-order valence-electron chi connectivity index (χ2n) is 4.47. The minimum absolute atomic E-state index is 0.00894. The van der Waals surface area contributed by atoms with Gasteiger partial charge in [-0.2, -0.15) is 0 Å². The Hall–Kier alpha value is -0.860. The predicted octanol–water partition coefficient (Wildman–Crippen LogP) is 2.90. The molecule has 2 N–H and O–H groups in total. The number of hydrogen-bond acceptors (Lipinski definition) is 5. The summed E-state index contributed by atoms with van der Waals surface area (Å²) in [4.78, 5) is 5.32. The molecule has 3 rings (SSSR count). The van der Waals surface area contributed by atoms with E-state index in [2.05, 4.69) is 15.0 Å². The van der Waals surface area contributed by atoms with Gasteiger partial charge in [-0.05, 0) is 12.1 Å². The summed E-state index contributed by atoms with van der Waals surface area (Å²) in [5.74, 6) is 0. The van der Waals surface area contributed by atoms with E-state index in [1.165, 1.54) is 23.5 Å². The summed E-state index contributed by atoms with van der Waals surface area (Å²) in [6.07, 6.45) is 0.797. The molecule has 1 aromatic carbocycles. The van der Waals surface area contributed by atoms with Gasteiger partial charge in [0.25, 0.3) is 10.0 Å². The van der Waals surface area contributed by atoms with Crippen molar-refractivity contribution in [1.82, 2.24) is 10.3 Å². The average molecular weight is 364 g/mol. The van der Waals surface area contributed by atoms with Crippen molar-refractivity contribution in [2.75, 3.05) is 11.3 Å². The highest BCUT2D eigenvalue weighted by atomic mass is 35.5. The zero-order valence-corrected chi connectivity index (χ0v) is 13.8. The Balaban J connectivity index is 1.93. The van der Waals surface area contributed by atoms with E-state index < -0.39 is 10.0 Å². The Morgan fingerprint density at radius 2 is 2.14 bits per heavy atom. The van der Waals surface area contributed by atoms with Crippen molar-refractivity contribution in [3.63, 3.8) is 0 Å². The van der Waals surface area contributed by atoms with Crippen LogP contribution in [-0.2, 0) is 23.0 Å². The standard InChI is InChI=1S/C12H11Cl2N3O2S2/c13-7-2-1-3-10(11(7)14)21(18,19)17-12-16-8-4-5-15-6-9(8)20-12/h1-3,15H,4-6H2,(H,16,17). The van der Waals surface area contributed by atoms with Crippen LogP contribution < -0.4 is 10.0 Å². The largest absolute Gasteiger partial charge is 0.311 e. The third kappa shape index (κ3) is 3.02. The number of halogens is 2. The molecule has 0 unspecified atom stereocenters. The molecule has 1 aliphatic heterocycles. The number of sulfonamides is 1. The van der Waals surface area contributed by atoms with Crippen LogP contribution in [0.4, 0.5) is 5.13 Å². The van der Waals surface area contributed by atoms with Crippen molar-refractivity contribution >= 4 is 49.7 Å². The highest BCUT2D eigenvalue weighted by Gasteiger charge is 2.22. The molecule has 5 nitrogen and oxygen atoms in total. The first kappa shape index (κ1) is 15.1. The van der Waals surface area contributed by atoms with Crippen LogP contribution in [0.3, 0.4) is 0 Å². The highest BCUT2D eigenvalue weighted by Crippen LogP contribution is 2.32. The van der Waals surface area contributed by atoms with Gasteiger partial charge in [-0.25, -0.2) is 13.4 Å². The second-order valence-corrected chi connectivity index (χ2v) is 7.99. The summed E-state index contributed by atoms with van der Waals surface area (Å²) >= 11 is 13.2. The smallest absolute Gasteiger partial charge is 0.265 e. The molecule has 0 radical (unpaired) electrons. The Labute approximate surface area is 136 Å². The Bertz CT molecular complexity index is 766. The van der Waals surface area contributed by atoms with Crippen LogP contribution in [0.5, 0.6) is 0 Å². The first-order valence-electron chi connectivity index (χ1n) is 6.13. The maximum atomic E-state index is 12.4. The van der Waals surface area contributed by atoms with Gasteiger partial charge < -0.3 is 5.32 Å². The minimum Gasteiger partial charge on any atom is -0.311 e. The molecule has 0 bridgehead atoms. The van der Waals surface area contributed by atoms with E-state index in [0.717, 1.165) is 23.5 Å². The summed E-state index contributed by atoms with van der Waals surface area (Å²) in [5, 5.41) is 3.77. The SMILES string of the molecule is O=S(=O)(Nc1nc2c(s1)CNCC2)c1cccc(Cl)c1Cl. The molecule has 9 heteroatoms. The minimum atomic E-state index is -3.80. The molecule has 2 aromatic rings. The number of nitrogens with one attached hydrogen (secondary N) is 2. The van der Waals surface area contributed by atoms with E-state index in [4.69, 9.17) is 23.2 Å². The van der Waals surface area contributed by atoms with E-state index >= 15 is 0 Å². The number of thiazole rings is 1. The summed E-state index contributed by atoms with van der Waals surface area (Å²) in [6, 6.07) is 4.49. The molecular formula is C12H11Cl2N3O2S2. The number of benzene rings is 1. The fraction of sp³-hybridized carbons (Fsp3) is 0.250. The Morgan fingerprint density at radius 3 is 2.90 bits per heavy atom. The van der Waals surface area contributed by atoms with Gasteiger partial charge in [0.2, 0.25) is 0 Å². The van der Waals surface area contributed by atoms with Crippen LogP contribution in [0, 0.1) is 0 Å². The molecule has 1 aromatic heterocycles. The predicted molar refractivity (Wildman–Crippen MR) is 84.8 cm³/mol. The lowest BCUT2D eigenvalue weighted by atomic mass is 10.2. The summed E-state index contributed by atoms with van der Waals surface area (Å²) in [6.45, 7) is 1.57. The molecule has 1 aliphatic rings. The van der Waals surface area contributed by atoms with Gasteiger partial charge in [0.05, 0.1) is 15.7 Å². The third-order valence-electron chi connectivity index (χ3n) is 3.03. The zero-order valence-electron chi connectivity index (χ0n) is 10.7. The van der Waals surface area contributed by atoms with E-state index in [9.17, 15) is 8.42 Å². The summed E-state index contributed by atoms with van der Waals surface area (Å²) < 4.78 is 27.2. The van der Waals surface area contributed by atoms with Crippen LogP contribution >= 0.6 is 34.5 Å². The first-order valence-corrected chi connectivity index (χ1v) is 9.19. The van der Waals surface area contributed by atoms with Crippen LogP contribution in [0.15, 0.2) is 23.1 Å². The van der Waals surface area contributed by atoms with Crippen molar-refractivity contribution in [2.45, 2.75) is 17.9 Å². The number of anilines is 1. The molecule has 112 valence electrons. The van der Waals surface area contributed by atoms with Gasteiger partial charge in [-0.3, -0.25) is 4.72 Å². The van der Waals surface area contributed by atoms with Gasteiger partial charge in [-0.1, -0.05) is 40.6 Å². The molecule has 0 fully saturated rings. The van der Waals surface area contributed by atoms with E-state index in [-0.39, 0.29) is 14.9 Å². The number of hydrogen-bond donors (Lipinski definition) is 2. The normalized spacial score (nSPS) is 14.8. The lowest BCUT2D eigenvalue weighted by Crippen LogP contribution is -2.22. The molecule has 0 saturated heterocycles. The topological polar surface area (TPSA) is 71.1 Å². The number of nitrogens with zero attached hydrogens (tertiary/aromatic N) is 1. The number of aromatic nitrogens is 1. The van der Waals surface area contributed by atoms with Crippen LogP contribution in [0.25, 0.3) is 0 Å². The molecule has 0 spiro atoms. The van der Waals surface area contributed by atoms with Gasteiger partial charge in [0.1, 0.15) is 4.90 Å². The van der Waals surface area contributed by atoms with Crippen molar-refractivity contribution in [1.29, 1.82) is 0 Å². The molecule has 0 aliphatic carbocycles. The second kappa shape index (κ2) is 5.73. The Kier molecular flexibility index (Phi) is 4.11. The van der Waals surface area contributed by atoms with Crippen molar-refractivity contribution in [2.24, 2.45) is 0 Å². The van der Waals surface area contributed by atoms with Gasteiger partial charge in [0, 0.05) is 24.4 Å². The monoisotopic (exact) mass is 363 g/mol. The molecular weight excluding hydrogens is 353 g/mol. The maximum Gasteiger partial charge on any atom is 0.265 e. The van der Waals surface area contributed by atoms with Crippen molar-refractivity contribution < 1.29 is 8.42 Å². The van der Waals surface area contributed by atoms with Crippen LogP contribution in [-0.4, -0.2) is 19.9 Å². The van der Waals surface area contributed by atoms with E-state index in [0.29, 0.717) is 11.7 Å². The summed E-state index contributed by atoms with van der Waals surface area (Å²) in [7, 11) is -3.80. The number of fused-ring (bicyclic) bond motifs is 1.